The lowest BCUT2D eigenvalue weighted by Crippen LogP contribution is -2.31. The van der Waals surface area contributed by atoms with Gasteiger partial charge in [-0.05, 0) is 38.8 Å². The standard InChI is InChI=1S/C47H91NO7/c1-7-13-17-21-23-27-31-35-43(33-29-25-19-15-9-3)45(49)53-39-42(41-55-47(51)52-38-37-48(11-5)12-6)40-54-46(50)44(34-30-26-20-16-10-4)36-32-28-24-22-18-14-8-2/h42-44H,7-41H2,1-6H3. The molecule has 8 nitrogen and oxygen atoms in total. The summed E-state index contributed by atoms with van der Waals surface area (Å²) < 4.78 is 22.8. The molecular weight excluding hydrogens is 691 g/mol. The van der Waals surface area contributed by atoms with Crippen LogP contribution < -0.4 is 0 Å². The molecule has 326 valence electrons. The van der Waals surface area contributed by atoms with E-state index in [-0.39, 0.29) is 50.2 Å². The number of carbonyl (C=O) groups is 3. The first-order valence-corrected chi connectivity index (χ1v) is 23.7. The van der Waals surface area contributed by atoms with Gasteiger partial charge in [-0.25, -0.2) is 4.79 Å². The summed E-state index contributed by atoms with van der Waals surface area (Å²) in [6, 6.07) is 0. The highest BCUT2D eigenvalue weighted by Gasteiger charge is 2.25. The largest absolute Gasteiger partial charge is 0.508 e. The maximum absolute atomic E-state index is 13.6. The number of likely N-dealkylation sites (N-methyl/N-ethyl adjacent to an activating group) is 1. The smallest absolute Gasteiger partial charge is 0.465 e. The van der Waals surface area contributed by atoms with Crippen LogP contribution in [0.5, 0.6) is 0 Å². The third-order valence-corrected chi connectivity index (χ3v) is 11.2. The Bertz CT molecular complexity index is 812. The predicted octanol–water partition coefficient (Wildman–Crippen LogP) is 13.4. The Kier molecular flexibility index (Phi) is 39.0. The summed E-state index contributed by atoms with van der Waals surface area (Å²) in [6.45, 7) is 15.8. The Morgan fingerprint density at radius 1 is 0.400 bits per heavy atom. The van der Waals surface area contributed by atoms with Gasteiger partial charge in [0.25, 0.3) is 0 Å². The zero-order valence-electron chi connectivity index (χ0n) is 37.3. The second-order valence-corrected chi connectivity index (χ2v) is 16.2. The molecule has 0 aliphatic rings. The van der Waals surface area contributed by atoms with Gasteiger partial charge in [-0.2, -0.15) is 0 Å². The Balaban J connectivity index is 5.51. The number of rotatable bonds is 41. The highest BCUT2D eigenvalue weighted by atomic mass is 16.7. The monoisotopic (exact) mass is 782 g/mol. The molecule has 0 saturated carbocycles. The SMILES string of the molecule is CCCCCCCCCC(CCCCCCC)C(=O)OCC(COC(=O)OCCN(CC)CC)COC(=O)C(CCCCCCC)CCCCCCCCC. The first kappa shape index (κ1) is 53.2. The molecule has 0 amide bonds. The molecule has 0 saturated heterocycles. The van der Waals surface area contributed by atoms with Gasteiger partial charge in [-0.15, -0.1) is 0 Å². The van der Waals surface area contributed by atoms with Crippen LogP contribution in [-0.2, 0) is 28.5 Å². The summed E-state index contributed by atoms with van der Waals surface area (Å²) in [5.74, 6) is -1.08. The van der Waals surface area contributed by atoms with Crippen molar-refractivity contribution in [1.82, 2.24) is 4.90 Å². The van der Waals surface area contributed by atoms with Crippen molar-refractivity contribution < 1.29 is 33.3 Å². The van der Waals surface area contributed by atoms with Crippen LogP contribution in [0, 0.1) is 17.8 Å². The zero-order valence-corrected chi connectivity index (χ0v) is 37.3. The van der Waals surface area contributed by atoms with E-state index in [2.05, 4.69) is 46.4 Å². The zero-order chi connectivity index (χ0) is 40.6. The van der Waals surface area contributed by atoms with Crippen molar-refractivity contribution in [2.75, 3.05) is 46.1 Å². The van der Waals surface area contributed by atoms with Gasteiger partial charge in [-0.1, -0.05) is 196 Å². The molecule has 8 heteroatoms. The molecule has 0 bridgehead atoms. The number of esters is 2. The van der Waals surface area contributed by atoms with E-state index in [1.807, 2.05) is 0 Å². The van der Waals surface area contributed by atoms with Crippen LogP contribution in [-0.4, -0.2) is 69.1 Å². The second-order valence-electron chi connectivity index (χ2n) is 16.2. The summed E-state index contributed by atoms with van der Waals surface area (Å²) in [7, 11) is 0. The number of nitrogens with zero attached hydrogens (tertiary/aromatic N) is 1. The maximum atomic E-state index is 13.6. The lowest BCUT2D eigenvalue weighted by Gasteiger charge is -2.22. The van der Waals surface area contributed by atoms with Crippen molar-refractivity contribution >= 4 is 18.1 Å². The molecule has 0 aliphatic carbocycles. The Labute approximate surface area is 340 Å². The number of hydrogen-bond donors (Lipinski definition) is 0. The van der Waals surface area contributed by atoms with Crippen LogP contribution in [0.2, 0.25) is 0 Å². The van der Waals surface area contributed by atoms with Gasteiger partial charge in [-0.3, -0.25) is 9.59 Å². The molecule has 55 heavy (non-hydrogen) atoms. The summed E-state index contributed by atoms with van der Waals surface area (Å²) in [5, 5.41) is 0. The quantitative estimate of drug-likeness (QED) is 0.0344. The average molecular weight is 782 g/mol. The minimum Gasteiger partial charge on any atom is -0.465 e. The minimum absolute atomic E-state index is 0.0381. The second kappa shape index (κ2) is 40.4. The van der Waals surface area contributed by atoms with Crippen LogP contribution in [0.4, 0.5) is 4.79 Å². The number of ether oxygens (including phenoxy) is 4. The fourth-order valence-electron chi connectivity index (χ4n) is 7.25. The van der Waals surface area contributed by atoms with Gasteiger partial charge in [0, 0.05) is 6.54 Å². The fourth-order valence-corrected chi connectivity index (χ4v) is 7.25. The first-order chi connectivity index (χ1) is 26.9. The molecule has 0 radical (unpaired) electrons. The third-order valence-electron chi connectivity index (χ3n) is 11.2. The van der Waals surface area contributed by atoms with Crippen molar-refractivity contribution in [1.29, 1.82) is 0 Å². The normalized spacial score (nSPS) is 13.1. The topological polar surface area (TPSA) is 91.4 Å². The van der Waals surface area contributed by atoms with E-state index in [0.717, 1.165) is 90.1 Å². The van der Waals surface area contributed by atoms with Gasteiger partial charge < -0.3 is 23.8 Å². The van der Waals surface area contributed by atoms with Gasteiger partial charge in [0.15, 0.2) is 0 Å². The predicted molar refractivity (Wildman–Crippen MR) is 229 cm³/mol. The fraction of sp³-hybridized carbons (Fsp3) is 0.936. The van der Waals surface area contributed by atoms with Crippen LogP contribution in [0.15, 0.2) is 0 Å². The summed E-state index contributed by atoms with van der Waals surface area (Å²) in [5.41, 5.74) is 0. The molecule has 0 aromatic carbocycles. The van der Waals surface area contributed by atoms with E-state index < -0.39 is 12.1 Å². The van der Waals surface area contributed by atoms with E-state index in [1.54, 1.807) is 0 Å². The molecule has 0 N–H and O–H groups in total. The van der Waals surface area contributed by atoms with Crippen LogP contribution >= 0.6 is 0 Å². The minimum atomic E-state index is -0.748. The van der Waals surface area contributed by atoms with Gasteiger partial charge >= 0.3 is 18.1 Å². The molecule has 2 atom stereocenters. The van der Waals surface area contributed by atoms with Gasteiger partial charge in [0.2, 0.25) is 0 Å². The van der Waals surface area contributed by atoms with Crippen molar-refractivity contribution in [2.24, 2.45) is 17.8 Å². The molecule has 0 aliphatic heterocycles. The molecule has 0 aromatic heterocycles. The molecule has 0 spiro atoms. The number of hydrogen-bond acceptors (Lipinski definition) is 8. The Morgan fingerprint density at radius 3 is 1.04 bits per heavy atom. The van der Waals surface area contributed by atoms with E-state index >= 15 is 0 Å². The van der Waals surface area contributed by atoms with Crippen molar-refractivity contribution in [3.8, 4) is 0 Å². The average Bonchev–Trinajstić information content (AvgIpc) is 3.19. The first-order valence-electron chi connectivity index (χ1n) is 23.7. The van der Waals surface area contributed by atoms with Crippen molar-refractivity contribution in [3.05, 3.63) is 0 Å². The molecule has 0 rings (SSSR count). The van der Waals surface area contributed by atoms with Gasteiger partial charge in [0.1, 0.15) is 26.4 Å². The van der Waals surface area contributed by atoms with Crippen LogP contribution in [0.1, 0.15) is 221 Å². The molecule has 2 unspecified atom stereocenters. The number of carbonyl (C=O) groups excluding carboxylic acids is 3. The molecule has 0 aromatic rings. The van der Waals surface area contributed by atoms with Gasteiger partial charge in [0.05, 0.1) is 17.8 Å². The van der Waals surface area contributed by atoms with Crippen LogP contribution in [0.3, 0.4) is 0 Å². The highest BCUT2D eigenvalue weighted by Crippen LogP contribution is 2.23. The Hall–Kier alpha value is -1.83. The number of unbranched alkanes of at least 4 members (excludes halogenated alkanes) is 20. The van der Waals surface area contributed by atoms with Crippen molar-refractivity contribution in [3.63, 3.8) is 0 Å². The summed E-state index contributed by atoms with van der Waals surface area (Å²) in [4.78, 5) is 41.9. The Morgan fingerprint density at radius 2 is 0.709 bits per heavy atom. The highest BCUT2D eigenvalue weighted by molar-refractivity contribution is 5.73. The summed E-state index contributed by atoms with van der Waals surface area (Å²) >= 11 is 0. The van der Waals surface area contributed by atoms with Crippen LogP contribution in [0.25, 0.3) is 0 Å². The lowest BCUT2D eigenvalue weighted by atomic mass is 9.94. The molecule has 0 fully saturated rings. The van der Waals surface area contributed by atoms with Crippen molar-refractivity contribution in [2.45, 2.75) is 221 Å². The maximum Gasteiger partial charge on any atom is 0.508 e. The van der Waals surface area contributed by atoms with E-state index in [9.17, 15) is 14.4 Å². The molecular formula is C47H91NO7. The lowest BCUT2D eigenvalue weighted by molar-refractivity contribution is -0.155. The third kappa shape index (κ3) is 32.9. The molecule has 0 heterocycles. The van der Waals surface area contributed by atoms with E-state index in [4.69, 9.17) is 18.9 Å². The van der Waals surface area contributed by atoms with E-state index in [0.29, 0.717) is 6.54 Å². The van der Waals surface area contributed by atoms with E-state index in [1.165, 1.54) is 103 Å². The summed E-state index contributed by atoms with van der Waals surface area (Å²) in [6.07, 6.45) is 31.1.